The first-order valence-corrected chi connectivity index (χ1v) is 9.68. The molecule has 1 amide bonds. The minimum Gasteiger partial charge on any atom is -0.356 e. The Kier molecular flexibility index (Phi) is 11.1. The highest BCUT2D eigenvalue weighted by molar-refractivity contribution is 14.0. The summed E-state index contributed by atoms with van der Waals surface area (Å²) in [5, 5.41) is 6.70. The molecule has 0 bridgehead atoms. The number of aliphatic imine (C=N–C) groups is 1. The number of hydrogen-bond acceptors (Lipinski definition) is 3. The Bertz CT molecular complexity index is 666. The van der Waals surface area contributed by atoms with Crippen molar-refractivity contribution in [3.05, 3.63) is 34.6 Å². The molecule has 0 aromatic heterocycles. The topological polar surface area (TPSA) is 60.0 Å². The van der Waals surface area contributed by atoms with E-state index in [2.05, 4.69) is 25.4 Å². The quantitative estimate of drug-likeness (QED) is 0.340. The lowest BCUT2D eigenvalue weighted by atomic mass is 10.1. The van der Waals surface area contributed by atoms with Crippen molar-refractivity contribution in [2.75, 3.05) is 46.3 Å². The first kappa shape index (κ1) is 24.9. The van der Waals surface area contributed by atoms with Crippen molar-refractivity contribution >= 4 is 47.4 Å². The molecule has 1 aliphatic rings. The van der Waals surface area contributed by atoms with Crippen LogP contribution in [0.1, 0.15) is 19.4 Å². The number of nitrogens with zero attached hydrogens (tertiary/aromatic N) is 3. The molecule has 0 unspecified atom stereocenters. The number of rotatable bonds is 6. The minimum atomic E-state index is -0.326. The molecule has 1 saturated heterocycles. The van der Waals surface area contributed by atoms with Crippen LogP contribution in [-0.4, -0.2) is 74.0 Å². The number of carbonyl (C=O) groups excluding carboxylic acids is 1. The molecular weight excluding hydrogens is 496 g/mol. The number of halogens is 3. The Morgan fingerprint density at radius 3 is 2.54 bits per heavy atom. The van der Waals surface area contributed by atoms with E-state index in [-0.39, 0.29) is 41.7 Å². The third-order valence-corrected chi connectivity index (χ3v) is 4.74. The van der Waals surface area contributed by atoms with Gasteiger partial charge < -0.3 is 15.5 Å². The molecule has 0 radical (unpaired) electrons. The summed E-state index contributed by atoms with van der Waals surface area (Å²) in [6.07, 6.45) is 0.688. The van der Waals surface area contributed by atoms with Crippen LogP contribution in [0.5, 0.6) is 0 Å². The molecule has 28 heavy (non-hydrogen) atoms. The van der Waals surface area contributed by atoms with Gasteiger partial charge in [-0.2, -0.15) is 0 Å². The molecule has 1 heterocycles. The number of benzene rings is 1. The maximum absolute atomic E-state index is 13.1. The smallest absolute Gasteiger partial charge is 0.234 e. The fraction of sp³-hybridized carbons (Fsp3) is 0.579. The summed E-state index contributed by atoms with van der Waals surface area (Å²) in [7, 11) is 1.76. The highest BCUT2D eigenvalue weighted by Crippen LogP contribution is 2.17. The standard InChI is InChI=1S/C19H29ClFN5O.HI/c1-14(2)24-18(27)13-25-8-10-26(11-9-25)19(22-3)23-7-6-15-4-5-16(21)12-17(15)20;/h4-5,12,14H,6-11,13H2,1-3H3,(H,22,23)(H,24,27);1H. The Hall–Kier alpha value is -1.13. The van der Waals surface area contributed by atoms with Gasteiger partial charge in [0, 0.05) is 50.8 Å². The summed E-state index contributed by atoms with van der Waals surface area (Å²) in [6, 6.07) is 4.63. The van der Waals surface area contributed by atoms with E-state index in [0.717, 1.165) is 37.7 Å². The van der Waals surface area contributed by atoms with Crippen molar-refractivity contribution < 1.29 is 9.18 Å². The molecule has 0 spiro atoms. The number of guanidine groups is 1. The molecule has 2 N–H and O–H groups in total. The SMILES string of the molecule is CN=C(NCCc1ccc(F)cc1Cl)N1CCN(CC(=O)NC(C)C)CC1.I. The first-order chi connectivity index (χ1) is 12.9. The van der Waals surface area contributed by atoms with Crippen LogP contribution in [-0.2, 0) is 11.2 Å². The number of piperazine rings is 1. The van der Waals surface area contributed by atoms with Gasteiger partial charge >= 0.3 is 0 Å². The monoisotopic (exact) mass is 525 g/mol. The maximum Gasteiger partial charge on any atom is 0.234 e. The van der Waals surface area contributed by atoms with Crippen LogP contribution in [0.3, 0.4) is 0 Å². The summed E-state index contributed by atoms with van der Waals surface area (Å²) in [5.41, 5.74) is 0.905. The van der Waals surface area contributed by atoms with E-state index < -0.39 is 0 Å². The number of hydrogen-bond donors (Lipinski definition) is 2. The van der Waals surface area contributed by atoms with Gasteiger partial charge in [0.1, 0.15) is 5.82 Å². The number of carbonyl (C=O) groups is 1. The maximum atomic E-state index is 13.1. The van der Waals surface area contributed by atoms with E-state index in [9.17, 15) is 9.18 Å². The molecule has 1 aromatic carbocycles. The molecule has 2 rings (SSSR count). The fourth-order valence-electron chi connectivity index (χ4n) is 3.05. The van der Waals surface area contributed by atoms with E-state index in [1.807, 2.05) is 13.8 Å². The normalized spacial score (nSPS) is 15.4. The van der Waals surface area contributed by atoms with Crippen LogP contribution >= 0.6 is 35.6 Å². The van der Waals surface area contributed by atoms with Crippen LogP contribution in [0.15, 0.2) is 23.2 Å². The highest BCUT2D eigenvalue weighted by atomic mass is 127. The lowest BCUT2D eigenvalue weighted by molar-refractivity contribution is -0.123. The Morgan fingerprint density at radius 1 is 1.29 bits per heavy atom. The zero-order chi connectivity index (χ0) is 19.8. The molecule has 1 aliphatic heterocycles. The van der Waals surface area contributed by atoms with Crippen molar-refractivity contribution in [2.24, 2.45) is 4.99 Å². The third-order valence-electron chi connectivity index (χ3n) is 4.39. The molecule has 0 saturated carbocycles. The molecule has 6 nitrogen and oxygen atoms in total. The van der Waals surface area contributed by atoms with Gasteiger partial charge in [-0.3, -0.25) is 14.7 Å². The van der Waals surface area contributed by atoms with E-state index >= 15 is 0 Å². The number of amides is 1. The van der Waals surface area contributed by atoms with Gasteiger partial charge in [-0.05, 0) is 38.0 Å². The zero-order valence-electron chi connectivity index (χ0n) is 16.7. The van der Waals surface area contributed by atoms with Gasteiger partial charge in [0.25, 0.3) is 0 Å². The summed E-state index contributed by atoms with van der Waals surface area (Å²) in [5.74, 6) is 0.573. The summed E-state index contributed by atoms with van der Waals surface area (Å²) in [4.78, 5) is 20.6. The van der Waals surface area contributed by atoms with Gasteiger partial charge in [0.2, 0.25) is 5.91 Å². The summed E-state index contributed by atoms with van der Waals surface area (Å²) < 4.78 is 13.1. The molecular formula is C19H30ClFIN5O. The van der Waals surface area contributed by atoms with Crippen LogP contribution in [0.4, 0.5) is 4.39 Å². The molecule has 1 aromatic rings. The van der Waals surface area contributed by atoms with Crippen molar-refractivity contribution in [3.8, 4) is 0 Å². The number of nitrogens with one attached hydrogen (secondary N) is 2. The van der Waals surface area contributed by atoms with Gasteiger partial charge in [-0.1, -0.05) is 17.7 Å². The third kappa shape index (κ3) is 8.08. The van der Waals surface area contributed by atoms with E-state index in [0.29, 0.717) is 24.5 Å². The van der Waals surface area contributed by atoms with Crippen molar-refractivity contribution in [1.82, 2.24) is 20.4 Å². The Balaban J connectivity index is 0.00000392. The van der Waals surface area contributed by atoms with Gasteiger partial charge in [-0.15, -0.1) is 24.0 Å². The van der Waals surface area contributed by atoms with Crippen molar-refractivity contribution in [2.45, 2.75) is 26.3 Å². The van der Waals surface area contributed by atoms with Gasteiger partial charge in [-0.25, -0.2) is 4.39 Å². The second-order valence-corrected chi connectivity index (χ2v) is 7.35. The molecule has 1 fully saturated rings. The average molecular weight is 526 g/mol. The predicted molar refractivity (Wildman–Crippen MR) is 123 cm³/mol. The Labute approximate surface area is 188 Å². The van der Waals surface area contributed by atoms with Crippen LogP contribution in [0.2, 0.25) is 5.02 Å². The van der Waals surface area contributed by atoms with Crippen LogP contribution in [0, 0.1) is 5.82 Å². The second-order valence-electron chi connectivity index (χ2n) is 6.95. The van der Waals surface area contributed by atoms with Crippen LogP contribution in [0.25, 0.3) is 0 Å². The van der Waals surface area contributed by atoms with E-state index in [4.69, 9.17) is 11.6 Å². The van der Waals surface area contributed by atoms with E-state index in [1.165, 1.54) is 12.1 Å². The summed E-state index contributed by atoms with van der Waals surface area (Å²) >= 11 is 6.07. The Morgan fingerprint density at radius 2 is 1.96 bits per heavy atom. The molecule has 158 valence electrons. The highest BCUT2D eigenvalue weighted by Gasteiger charge is 2.21. The zero-order valence-corrected chi connectivity index (χ0v) is 19.8. The van der Waals surface area contributed by atoms with Gasteiger partial charge in [0.05, 0.1) is 6.54 Å². The fourth-order valence-corrected chi connectivity index (χ4v) is 3.32. The lowest BCUT2D eigenvalue weighted by Crippen LogP contribution is -2.54. The van der Waals surface area contributed by atoms with Crippen molar-refractivity contribution in [3.63, 3.8) is 0 Å². The largest absolute Gasteiger partial charge is 0.356 e. The lowest BCUT2D eigenvalue weighted by Gasteiger charge is -2.36. The predicted octanol–water partition coefficient (Wildman–Crippen LogP) is 2.36. The minimum absolute atomic E-state index is 0. The first-order valence-electron chi connectivity index (χ1n) is 9.30. The van der Waals surface area contributed by atoms with Crippen molar-refractivity contribution in [1.29, 1.82) is 0 Å². The van der Waals surface area contributed by atoms with E-state index in [1.54, 1.807) is 13.1 Å². The second kappa shape index (κ2) is 12.4. The molecule has 0 aliphatic carbocycles. The molecule has 0 atom stereocenters. The van der Waals surface area contributed by atoms with Crippen LogP contribution < -0.4 is 10.6 Å². The van der Waals surface area contributed by atoms with Gasteiger partial charge in [0.15, 0.2) is 5.96 Å². The molecule has 9 heteroatoms. The summed E-state index contributed by atoms with van der Waals surface area (Å²) in [6.45, 7) is 8.27. The average Bonchev–Trinajstić information content (AvgIpc) is 2.60.